The molecule has 0 amide bonds. The van der Waals surface area contributed by atoms with Crippen LogP contribution >= 0.6 is 0 Å². The first-order valence-electron chi connectivity index (χ1n) is 8.95. The van der Waals surface area contributed by atoms with Gasteiger partial charge in [0.2, 0.25) is 0 Å². The molecule has 116 valence electrons. The largest absolute Gasteiger partial charge is 0.312 e. The smallest absolute Gasteiger partial charge is 0.0223 e. The van der Waals surface area contributed by atoms with Crippen molar-refractivity contribution in [3.05, 3.63) is 0 Å². The summed E-state index contributed by atoms with van der Waals surface area (Å²) in [5.74, 6) is 1.88. The Kier molecular flexibility index (Phi) is 5.36. The van der Waals surface area contributed by atoms with Crippen molar-refractivity contribution >= 4 is 0 Å². The summed E-state index contributed by atoms with van der Waals surface area (Å²) in [5, 5.41) is 3.86. The van der Waals surface area contributed by atoms with Gasteiger partial charge in [-0.15, -0.1) is 0 Å². The lowest BCUT2D eigenvalue weighted by Crippen LogP contribution is -2.44. The van der Waals surface area contributed by atoms with Crippen LogP contribution in [0.5, 0.6) is 0 Å². The normalized spacial score (nSPS) is 35.2. The van der Waals surface area contributed by atoms with Gasteiger partial charge in [-0.2, -0.15) is 0 Å². The first-order chi connectivity index (χ1) is 9.81. The van der Waals surface area contributed by atoms with Gasteiger partial charge in [0.05, 0.1) is 0 Å². The average molecular weight is 279 g/mol. The van der Waals surface area contributed by atoms with Crippen LogP contribution in [-0.4, -0.2) is 62.2 Å². The van der Waals surface area contributed by atoms with E-state index in [1.807, 2.05) is 0 Å². The Hall–Kier alpha value is -0.120. The minimum atomic E-state index is 0.775. The Bertz CT molecular complexity index is 288. The summed E-state index contributed by atoms with van der Waals surface area (Å²) in [6.07, 6.45) is 10.1. The number of nitrogens with zero attached hydrogens (tertiary/aromatic N) is 2. The number of nitrogens with one attached hydrogen (secondary N) is 1. The zero-order chi connectivity index (χ0) is 13.8. The van der Waals surface area contributed by atoms with Crippen molar-refractivity contribution in [2.45, 2.75) is 51.0 Å². The van der Waals surface area contributed by atoms with E-state index < -0.39 is 0 Å². The lowest BCUT2D eigenvalue weighted by molar-refractivity contribution is 0.186. The maximum absolute atomic E-state index is 3.86. The minimum absolute atomic E-state index is 0.775. The summed E-state index contributed by atoms with van der Waals surface area (Å²) in [6.45, 7) is 7.83. The van der Waals surface area contributed by atoms with Crippen molar-refractivity contribution in [1.82, 2.24) is 15.1 Å². The molecule has 20 heavy (non-hydrogen) atoms. The van der Waals surface area contributed by atoms with E-state index in [0.717, 1.165) is 17.9 Å². The molecule has 1 saturated carbocycles. The van der Waals surface area contributed by atoms with Crippen molar-refractivity contribution in [2.24, 2.45) is 11.8 Å². The summed E-state index contributed by atoms with van der Waals surface area (Å²) in [7, 11) is 2.27. The van der Waals surface area contributed by atoms with Gasteiger partial charge in [0, 0.05) is 25.7 Å². The molecule has 3 aliphatic rings. The maximum Gasteiger partial charge on any atom is 0.0223 e. The maximum atomic E-state index is 3.86. The predicted octanol–water partition coefficient (Wildman–Crippen LogP) is 2.18. The van der Waals surface area contributed by atoms with Crippen LogP contribution < -0.4 is 5.32 Å². The molecule has 0 aromatic heterocycles. The Labute approximate surface area is 125 Å². The molecule has 3 fully saturated rings. The van der Waals surface area contributed by atoms with Crippen LogP contribution in [-0.2, 0) is 0 Å². The quantitative estimate of drug-likeness (QED) is 0.854. The fourth-order valence-electron chi connectivity index (χ4n) is 4.58. The lowest BCUT2D eigenvalue weighted by atomic mass is 9.83. The van der Waals surface area contributed by atoms with Crippen molar-refractivity contribution in [3.8, 4) is 0 Å². The third-order valence-electron chi connectivity index (χ3n) is 5.74. The van der Waals surface area contributed by atoms with Gasteiger partial charge in [0.15, 0.2) is 0 Å². The molecule has 2 aliphatic heterocycles. The van der Waals surface area contributed by atoms with Crippen LogP contribution in [0.15, 0.2) is 0 Å². The zero-order valence-electron chi connectivity index (χ0n) is 13.3. The van der Waals surface area contributed by atoms with Crippen LogP contribution in [0.2, 0.25) is 0 Å². The van der Waals surface area contributed by atoms with Crippen LogP contribution in [0.1, 0.15) is 44.9 Å². The summed E-state index contributed by atoms with van der Waals surface area (Å²) in [4.78, 5) is 5.28. The van der Waals surface area contributed by atoms with Gasteiger partial charge in [-0.3, -0.25) is 0 Å². The van der Waals surface area contributed by atoms with Crippen molar-refractivity contribution in [3.63, 3.8) is 0 Å². The molecule has 2 saturated heterocycles. The topological polar surface area (TPSA) is 18.5 Å². The Balaban J connectivity index is 1.51. The second-order valence-corrected chi connectivity index (χ2v) is 7.49. The number of hydrogen-bond donors (Lipinski definition) is 1. The van der Waals surface area contributed by atoms with Gasteiger partial charge >= 0.3 is 0 Å². The molecular weight excluding hydrogens is 246 g/mol. The van der Waals surface area contributed by atoms with Crippen LogP contribution in [0.3, 0.4) is 0 Å². The SMILES string of the molecule is CN1CCC(CN2CCCNC(C3CCCCC3)C2)C1. The molecule has 1 N–H and O–H groups in total. The second-order valence-electron chi connectivity index (χ2n) is 7.49. The third-order valence-corrected chi connectivity index (χ3v) is 5.74. The summed E-state index contributed by atoms with van der Waals surface area (Å²) in [6, 6.07) is 0.775. The van der Waals surface area contributed by atoms with E-state index in [9.17, 15) is 0 Å². The highest BCUT2D eigenvalue weighted by atomic mass is 15.2. The summed E-state index contributed by atoms with van der Waals surface area (Å²) >= 11 is 0. The fourth-order valence-corrected chi connectivity index (χ4v) is 4.58. The van der Waals surface area contributed by atoms with E-state index in [2.05, 4.69) is 22.2 Å². The molecule has 3 nitrogen and oxygen atoms in total. The predicted molar refractivity (Wildman–Crippen MR) is 85.0 cm³/mol. The Morgan fingerprint density at radius 2 is 1.80 bits per heavy atom. The zero-order valence-corrected chi connectivity index (χ0v) is 13.3. The molecule has 2 unspecified atom stereocenters. The highest BCUT2D eigenvalue weighted by Gasteiger charge is 2.29. The molecule has 1 aliphatic carbocycles. The van der Waals surface area contributed by atoms with Crippen LogP contribution in [0.25, 0.3) is 0 Å². The van der Waals surface area contributed by atoms with Crippen LogP contribution in [0.4, 0.5) is 0 Å². The van der Waals surface area contributed by atoms with Gasteiger partial charge in [-0.25, -0.2) is 0 Å². The third kappa shape index (κ3) is 3.96. The van der Waals surface area contributed by atoms with E-state index in [1.54, 1.807) is 0 Å². The van der Waals surface area contributed by atoms with E-state index >= 15 is 0 Å². The summed E-state index contributed by atoms with van der Waals surface area (Å²) in [5.41, 5.74) is 0. The molecule has 0 aromatic rings. The molecule has 0 radical (unpaired) electrons. The van der Waals surface area contributed by atoms with Gasteiger partial charge in [0.25, 0.3) is 0 Å². The molecule has 2 atom stereocenters. The number of likely N-dealkylation sites (tertiary alicyclic amines) is 1. The van der Waals surface area contributed by atoms with Gasteiger partial charge < -0.3 is 15.1 Å². The summed E-state index contributed by atoms with van der Waals surface area (Å²) < 4.78 is 0. The van der Waals surface area contributed by atoms with Crippen molar-refractivity contribution in [1.29, 1.82) is 0 Å². The van der Waals surface area contributed by atoms with Gasteiger partial charge in [0.1, 0.15) is 0 Å². The highest BCUT2D eigenvalue weighted by Crippen LogP contribution is 2.28. The molecule has 0 spiro atoms. The second kappa shape index (κ2) is 7.24. The average Bonchev–Trinajstić information content (AvgIpc) is 2.74. The number of rotatable bonds is 3. The minimum Gasteiger partial charge on any atom is -0.312 e. The van der Waals surface area contributed by atoms with E-state index in [-0.39, 0.29) is 0 Å². The fraction of sp³-hybridized carbons (Fsp3) is 1.00. The molecule has 2 heterocycles. The van der Waals surface area contributed by atoms with Crippen LogP contribution in [0, 0.1) is 11.8 Å². The molecular formula is C17H33N3. The highest BCUT2D eigenvalue weighted by molar-refractivity contribution is 4.86. The van der Waals surface area contributed by atoms with E-state index in [1.165, 1.54) is 84.2 Å². The molecule has 3 heteroatoms. The van der Waals surface area contributed by atoms with E-state index in [4.69, 9.17) is 0 Å². The van der Waals surface area contributed by atoms with E-state index in [0.29, 0.717) is 0 Å². The van der Waals surface area contributed by atoms with Crippen molar-refractivity contribution in [2.75, 3.05) is 46.3 Å². The monoisotopic (exact) mass is 279 g/mol. The van der Waals surface area contributed by atoms with Gasteiger partial charge in [-0.1, -0.05) is 19.3 Å². The first kappa shape index (κ1) is 14.8. The standard InChI is InChI=1S/C17H33N3/c1-19-11-8-15(12-19)13-20-10-5-9-18-17(14-20)16-6-3-2-4-7-16/h15-18H,2-14H2,1H3. The lowest BCUT2D eigenvalue weighted by Gasteiger charge is -2.33. The number of hydrogen-bond acceptors (Lipinski definition) is 3. The molecule has 3 rings (SSSR count). The Morgan fingerprint density at radius 1 is 0.950 bits per heavy atom. The van der Waals surface area contributed by atoms with Crippen molar-refractivity contribution < 1.29 is 0 Å². The van der Waals surface area contributed by atoms with Gasteiger partial charge in [-0.05, 0) is 64.2 Å². The molecule has 0 aromatic carbocycles. The Morgan fingerprint density at radius 3 is 2.55 bits per heavy atom. The molecule has 0 bridgehead atoms. The first-order valence-corrected chi connectivity index (χ1v) is 8.95.